The van der Waals surface area contributed by atoms with Crippen LogP contribution in [0.4, 0.5) is 0 Å². The van der Waals surface area contributed by atoms with Crippen LogP contribution in [0.2, 0.25) is 0 Å². The van der Waals surface area contributed by atoms with Gasteiger partial charge in [-0.3, -0.25) is 4.98 Å². The summed E-state index contributed by atoms with van der Waals surface area (Å²) in [6.45, 7) is 12.5. The minimum Gasteiger partial charge on any atom is -0.477 e. The van der Waals surface area contributed by atoms with Crippen LogP contribution in [0.25, 0.3) is 0 Å². The zero-order chi connectivity index (χ0) is 14.3. The van der Waals surface area contributed by atoms with Gasteiger partial charge in [0.1, 0.15) is 0 Å². The maximum Gasteiger partial charge on any atom is 0.232 e. The molecule has 1 aromatic rings. The highest BCUT2D eigenvalue weighted by Gasteiger charge is 2.24. The quantitative estimate of drug-likeness (QED) is 0.823. The van der Waals surface area contributed by atoms with E-state index in [9.17, 15) is 0 Å². The minimum absolute atomic E-state index is 0.193. The Morgan fingerprint density at radius 2 is 2.00 bits per heavy atom. The maximum atomic E-state index is 5.40. The van der Waals surface area contributed by atoms with Crippen LogP contribution in [0.1, 0.15) is 46.7 Å². The number of nitrogens with zero attached hydrogens (tertiary/aromatic N) is 2. The van der Waals surface area contributed by atoms with Crippen LogP contribution in [0.3, 0.4) is 0 Å². The van der Waals surface area contributed by atoms with E-state index in [1.807, 2.05) is 13.1 Å². The second-order valence-corrected chi connectivity index (χ2v) is 5.86. The standard InChI is InChI=1S/C15H27N3O/c1-6-8-17-13(15(3,4)5)9-12-10-16-11-14(18-12)19-7-2/h10-11,13,17H,6-9H2,1-5H3. The van der Waals surface area contributed by atoms with Crippen molar-refractivity contribution in [1.82, 2.24) is 15.3 Å². The highest BCUT2D eigenvalue weighted by atomic mass is 16.5. The van der Waals surface area contributed by atoms with Gasteiger partial charge < -0.3 is 10.1 Å². The summed E-state index contributed by atoms with van der Waals surface area (Å²) in [6.07, 6.45) is 5.50. The Kier molecular flexibility index (Phi) is 6.22. The number of hydrogen-bond acceptors (Lipinski definition) is 4. The highest BCUT2D eigenvalue weighted by Crippen LogP contribution is 2.22. The van der Waals surface area contributed by atoms with Crippen LogP contribution < -0.4 is 10.1 Å². The first-order chi connectivity index (χ1) is 8.97. The van der Waals surface area contributed by atoms with Crippen molar-refractivity contribution in [3.8, 4) is 5.88 Å². The van der Waals surface area contributed by atoms with Crippen LogP contribution in [0, 0.1) is 5.41 Å². The predicted molar refractivity (Wildman–Crippen MR) is 78.4 cm³/mol. The lowest BCUT2D eigenvalue weighted by Gasteiger charge is -2.31. The molecule has 4 heteroatoms. The van der Waals surface area contributed by atoms with Crippen LogP contribution in [0.15, 0.2) is 12.4 Å². The zero-order valence-corrected chi connectivity index (χ0v) is 12.9. The number of aromatic nitrogens is 2. The van der Waals surface area contributed by atoms with E-state index in [4.69, 9.17) is 4.74 Å². The van der Waals surface area contributed by atoms with Gasteiger partial charge in [0.2, 0.25) is 5.88 Å². The summed E-state index contributed by atoms with van der Waals surface area (Å²) in [4.78, 5) is 8.70. The molecule has 0 saturated heterocycles. The molecule has 108 valence electrons. The second kappa shape index (κ2) is 7.43. The first-order valence-corrected chi connectivity index (χ1v) is 7.14. The SMILES string of the molecule is CCCNC(Cc1cncc(OCC)n1)C(C)(C)C. The fourth-order valence-corrected chi connectivity index (χ4v) is 1.91. The summed E-state index contributed by atoms with van der Waals surface area (Å²) < 4.78 is 5.40. The lowest BCUT2D eigenvalue weighted by molar-refractivity contribution is 0.263. The average molecular weight is 265 g/mol. The molecular weight excluding hydrogens is 238 g/mol. The van der Waals surface area contributed by atoms with Crippen molar-refractivity contribution in [1.29, 1.82) is 0 Å². The normalized spacial score (nSPS) is 13.3. The third-order valence-corrected chi connectivity index (χ3v) is 3.05. The van der Waals surface area contributed by atoms with Crippen molar-refractivity contribution >= 4 is 0 Å². The van der Waals surface area contributed by atoms with Gasteiger partial charge in [0.25, 0.3) is 0 Å². The first-order valence-electron chi connectivity index (χ1n) is 7.14. The molecule has 0 saturated carbocycles. The molecule has 1 unspecified atom stereocenters. The van der Waals surface area contributed by atoms with Crippen LogP contribution in [-0.2, 0) is 6.42 Å². The van der Waals surface area contributed by atoms with E-state index in [1.54, 1.807) is 6.20 Å². The second-order valence-electron chi connectivity index (χ2n) is 5.86. The summed E-state index contributed by atoms with van der Waals surface area (Å²) >= 11 is 0. The summed E-state index contributed by atoms with van der Waals surface area (Å²) in [7, 11) is 0. The maximum absolute atomic E-state index is 5.40. The first kappa shape index (κ1) is 15.9. The molecular formula is C15H27N3O. The van der Waals surface area contributed by atoms with Gasteiger partial charge in [-0.2, -0.15) is 0 Å². The molecule has 0 fully saturated rings. The van der Waals surface area contributed by atoms with Gasteiger partial charge in [0.15, 0.2) is 0 Å². The highest BCUT2D eigenvalue weighted by molar-refractivity contribution is 5.10. The topological polar surface area (TPSA) is 47.0 Å². The van der Waals surface area contributed by atoms with Crippen molar-refractivity contribution in [2.24, 2.45) is 5.41 Å². The van der Waals surface area contributed by atoms with E-state index in [0.29, 0.717) is 18.5 Å². The molecule has 0 aliphatic heterocycles. The van der Waals surface area contributed by atoms with Gasteiger partial charge >= 0.3 is 0 Å². The smallest absolute Gasteiger partial charge is 0.232 e. The fourth-order valence-electron chi connectivity index (χ4n) is 1.91. The number of ether oxygens (including phenoxy) is 1. The Hall–Kier alpha value is -1.16. The third-order valence-electron chi connectivity index (χ3n) is 3.05. The van der Waals surface area contributed by atoms with Crippen molar-refractivity contribution < 1.29 is 4.74 Å². The summed E-state index contributed by atoms with van der Waals surface area (Å²) in [6, 6.07) is 0.388. The Bertz CT molecular complexity index is 374. The predicted octanol–water partition coefficient (Wildman–Crippen LogP) is 2.83. The van der Waals surface area contributed by atoms with Gasteiger partial charge in [0.05, 0.1) is 18.5 Å². The molecule has 1 rings (SSSR count). The number of nitrogens with one attached hydrogen (secondary N) is 1. The number of rotatable bonds is 7. The summed E-state index contributed by atoms with van der Waals surface area (Å²) in [5.41, 5.74) is 1.17. The molecule has 19 heavy (non-hydrogen) atoms. The molecule has 0 aliphatic rings. The molecule has 0 spiro atoms. The Balaban J connectivity index is 2.75. The Labute approximate surface area is 117 Å². The molecule has 4 nitrogen and oxygen atoms in total. The molecule has 0 aromatic carbocycles. The monoisotopic (exact) mass is 265 g/mol. The molecule has 0 bridgehead atoms. The molecule has 0 amide bonds. The Morgan fingerprint density at radius 1 is 1.26 bits per heavy atom. The lowest BCUT2D eigenvalue weighted by atomic mass is 9.84. The van der Waals surface area contributed by atoms with E-state index < -0.39 is 0 Å². The largest absolute Gasteiger partial charge is 0.477 e. The summed E-state index contributed by atoms with van der Waals surface area (Å²) in [5, 5.41) is 3.60. The van der Waals surface area contributed by atoms with Crippen LogP contribution in [-0.4, -0.2) is 29.2 Å². The minimum atomic E-state index is 0.193. The molecule has 0 aliphatic carbocycles. The molecule has 0 radical (unpaired) electrons. The van der Waals surface area contributed by atoms with E-state index in [1.165, 1.54) is 0 Å². The van der Waals surface area contributed by atoms with E-state index in [0.717, 1.165) is 25.1 Å². The van der Waals surface area contributed by atoms with Gasteiger partial charge in [-0.05, 0) is 25.3 Å². The van der Waals surface area contributed by atoms with Crippen molar-refractivity contribution in [2.45, 2.75) is 53.5 Å². The fraction of sp³-hybridized carbons (Fsp3) is 0.733. The van der Waals surface area contributed by atoms with Gasteiger partial charge in [0, 0.05) is 18.7 Å². The molecule has 1 heterocycles. The van der Waals surface area contributed by atoms with E-state index in [-0.39, 0.29) is 5.41 Å². The summed E-state index contributed by atoms with van der Waals surface area (Å²) in [5.74, 6) is 0.614. The van der Waals surface area contributed by atoms with Crippen LogP contribution in [0.5, 0.6) is 5.88 Å². The van der Waals surface area contributed by atoms with Gasteiger partial charge in [-0.25, -0.2) is 4.98 Å². The third kappa shape index (κ3) is 5.55. The average Bonchev–Trinajstić information content (AvgIpc) is 2.34. The van der Waals surface area contributed by atoms with Crippen LogP contribution >= 0.6 is 0 Å². The molecule has 1 N–H and O–H groups in total. The van der Waals surface area contributed by atoms with Crippen molar-refractivity contribution in [3.05, 3.63) is 18.1 Å². The van der Waals surface area contributed by atoms with Crippen molar-refractivity contribution in [2.75, 3.05) is 13.2 Å². The van der Waals surface area contributed by atoms with Gasteiger partial charge in [-0.1, -0.05) is 27.7 Å². The van der Waals surface area contributed by atoms with Crippen molar-refractivity contribution in [3.63, 3.8) is 0 Å². The van der Waals surface area contributed by atoms with Gasteiger partial charge in [-0.15, -0.1) is 0 Å². The molecule has 1 aromatic heterocycles. The number of hydrogen-bond donors (Lipinski definition) is 1. The molecule has 1 atom stereocenters. The van der Waals surface area contributed by atoms with E-state index >= 15 is 0 Å². The Morgan fingerprint density at radius 3 is 2.58 bits per heavy atom. The zero-order valence-electron chi connectivity index (χ0n) is 12.9. The van der Waals surface area contributed by atoms with E-state index in [2.05, 4.69) is 43.0 Å². The lowest BCUT2D eigenvalue weighted by Crippen LogP contribution is -2.42.